The second kappa shape index (κ2) is 9.38. The molecule has 0 saturated heterocycles. The Morgan fingerprint density at radius 3 is 2.48 bits per heavy atom. The predicted molar refractivity (Wildman–Crippen MR) is 122 cm³/mol. The summed E-state index contributed by atoms with van der Waals surface area (Å²) in [4.78, 5) is 12.8. The van der Waals surface area contributed by atoms with Gasteiger partial charge in [-0.2, -0.15) is 0 Å². The summed E-state index contributed by atoms with van der Waals surface area (Å²) in [6.07, 6.45) is 1.20. The van der Waals surface area contributed by atoms with E-state index in [0.717, 1.165) is 9.14 Å². The van der Waals surface area contributed by atoms with Gasteiger partial charge in [-0.05, 0) is 85.0 Å². The Balaban J connectivity index is 1.76. The van der Waals surface area contributed by atoms with Crippen molar-refractivity contribution in [1.82, 2.24) is 0 Å². The highest BCUT2D eigenvalue weighted by atomic mass is 79.9. The molecule has 150 valence electrons. The molecule has 29 heavy (non-hydrogen) atoms. The third kappa shape index (κ3) is 5.45. The predicted octanol–water partition coefficient (Wildman–Crippen LogP) is 7.17. The van der Waals surface area contributed by atoms with Crippen molar-refractivity contribution in [1.29, 1.82) is 0 Å². The molecular weight excluding hydrogens is 520 g/mol. The lowest BCUT2D eigenvalue weighted by Gasteiger charge is -2.15. The molecule has 0 unspecified atom stereocenters. The fraction of sp³-hybridized carbons (Fsp3) is 0.261. The lowest BCUT2D eigenvalue weighted by Crippen LogP contribution is -2.14. The summed E-state index contributed by atoms with van der Waals surface area (Å²) in [5.41, 5.74) is 0.522. The third-order valence-corrected chi connectivity index (χ3v) is 5.67. The summed E-state index contributed by atoms with van der Waals surface area (Å²) < 4.78 is 12.4. The van der Waals surface area contributed by atoms with Crippen LogP contribution in [0.4, 0.5) is 0 Å². The van der Waals surface area contributed by atoms with E-state index in [2.05, 4.69) is 43.2 Å². The molecule has 1 saturated carbocycles. The average Bonchev–Trinajstić information content (AvgIpc) is 3.21. The highest BCUT2D eigenvalue weighted by Gasteiger charge is 2.61. The fourth-order valence-corrected chi connectivity index (χ4v) is 4.03. The highest BCUT2D eigenvalue weighted by molar-refractivity contribution is 9.28. The fourth-order valence-electron chi connectivity index (χ4n) is 3.36. The molecule has 3 atom stereocenters. The van der Waals surface area contributed by atoms with Crippen molar-refractivity contribution in [2.75, 3.05) is 0 Å². The van der Waals surface area contributed by atoms with Gasteiger partial charge >= 0.3 is 5.97 Å². The van der Waals surface area contributed by atoms with Crippen molar-refractivity contribution < 1.29 is 14.3 Å². The largest absolute Gasteiger partial charge is 0.457 e. The Morgan fingerprint density at radius 1 is 1.14 bits per heavy atom. The van der Waals surface area contributed by atoms with Crippen LogP contribution in [0.25, 0.3) is 0 Å². The second-order valence-electron chi connectivity index (χ2n) is 7.32. The first kappa shape index (κ1) is 22.0. The topological polar surface area (TPSA) is 35.5 Å². The van der Waals surface area contributed by atoms with Crippen LogP contribution in [0.2, 0.25) is 0 Å². The minimum atomic E-state index is -0.771. The first-order valence-electron chi connectivity index (χ1n) is 9.00. The molecular formula is C23H19Br2ClO3. The molecule has 0 N–H and O–H groups in total. The van der Waals surface area contributed by atoms with Gasteiger partial charge in [0, 0.05) is 10.9 Å². The number of carbonyl (C=O) groups is 1. The molecule has 2 aromatic carbocycles. The van der Waals surface area contributed by atoms with Crippen LogP contribution in [0.5, 0.6) is 11.5 Å². The number of para-hydroxylation sites is 1. The number of rotatable bonds is 6. The summed E-state index contributed by atoms with van der Waals surface area (Å²) in [6, 6.07) is 16.8. The molecule has 6 heteroatoms. The molecule has 0 heterocycles. The van der Waals surface area contributed by atoms with Crippen LogP contribution >= 0.6 is 43.5 Å². The van der Waals surface area contributed by atoms with Gasteiger partial charge in [-0.1, -0.05) is 50.3 Å². The Morgan fingerprint density at radius 2 is 1.83 bits per heavy atom. The zero-order valence-electron chi connectivity index (χ0n) is 15.9. The smallest absolute Gasteiger partial charge is 0.311 e. The van der Waals surface area contributed by atoms with Crippen LogP contribution in [0, 0.1) is 28.6 Å². The zero-order chi connectivity index (χ0) is 21.0. The van der Waals surface area contributed by atoms with Crippen molar-refractivity contribution in [3.05, 3.63) is 69.6 Å². The standard InChI is InChI=1S/C23H19Br2ClO3/c1-23(2)18(14-20(24)25)21(23)22(27)29-19(11-12-26)15-7-6-10-17(13-15)28-16-8-4-3-5-9-16/h3-10,13-14,18-19,21H,1-2H3/t18-,19-,21-/m1/s1. The third-order valence-electron chi connectivity index (χ3n) is 5.03. The molecule has 0 spiro atoms. The average molecular weight is 539 g/mol. The van der Waals surface area contributed by atoms with Crippen LogP contribution in [0.15, 0.2) is 64.1 Å². The van der Waals surface area contributed by atoms with Gasteiger partial charge in [0.1, 0.15) is 11.5 Å². The molecule has 3 rings (SSSR count). The number of hydrogen-bond donors (Lipinski definition) is 0. The summed E-state index contributed by atoms with van der Waals surface area (Å²) in [6.45, 7) is 4.08. The highest BCUT2D eigenvalue weighted by Crippen LogP contribution is 2.60. The monoisotopic (exact) mass is 536 g/mol. The van der Waals surface area contributed by atoms with Gasteiger partial charge in [0.2, 0.25) is 0 Å². The Labute approximate surface area is 192 Å². The summed E-state index contributed by atoms with van der Waals surface area (Å²) >= 11 is 12.4. The van der Waals surface area contributed by atoms with Crippen molar-refractivity contribution in [2.24, 2.45) is 17.3 Å². The van der Waals surface area contributed by atoms with Gasteiger partial charge in [-0.3, -0.25) is 4.79 Å². The van der Waals surface area contributed by atoms with E-state index in [0.29, 0.717) is 11.3 Å². The molecule has 0 aromatic heterocycles. The maximum absolute atomic E-state index is 12.8. The van der Waals surface area contributed by atoms with Crippen molar-refractivity contribution >= 4 is 49.4 Å². The number of carbonyl (C=O) groups excluding carboxylic acids is 1. The molecule has 0 radical (unpaired) electrons. The van der Waals surface area contributed by atoms with E-state index in [1.54, 1.807) is 6.07 Å². The van der Waals surface area contributed by atoms with Gasteiger partial charge in [-0.15, -0.1) is 0 Å². The number of ether oxygens (including phenoxy) is 2. The number of halogens is 3. The Kier molecular flexibility index (Phi) is 7.10. The van der Waals surface area contributed by atoms with Crippen molar-refractivity contribution in [3.8, 4) is 22.8 Å². The summed E-state index contributed by atoms with van der Waals surface area (Å²) in [5, 5.41) is 2.34. The van der Waals surface area contributed by atoms with Gasteiger partial charge in [0.15, 0.2) is 6.10 Å². The van der Waals surface area contributed by atoms with Crippen LogP contribution in [-0.2, 0) is 9.53 Å². The first-order valence-corrected chi connectivity index (χ1v) is 11.0. The van der Waals surface area contributed by atoms with Crippen LogP contribution < -0.4 is 4.74 Å². The first-order chi connectivity index (χ1) is 13.8. The molecule has 0 amide bonds. The van der Waals surface area contributed by atoms with Gasteiger partial charge < -0.3 is 9.47 Å². The van der Waals surface area contributed by atoms with E-state index >= 15 is 0 Å². The maximum Gasteiger partial charge on any atom is 0.311 e. The SMILES string of the molecule is CC1(C)[C@H](C=C(Br)Br)[C@@H]1C(=O)O[C@H](C#CCl)c1cccc(Oc2ccccc2)c1. The molecule has 0 aliphatic heterocycles. The van der Waals surface area contributed by atoms with E-state index in [-0.39, 0.29) is 23.2 Å². The molecule has 0 bridgehead atoms. The lowest BCUT2D eigenvalue weighted by molar-refractivity contribution is -0.149. The molecule has 1 fully saturated rings. The Bertz CT molecular complexity index is 972. The minimum absolute atomic E-state index is 0.0844. The summed E-state index contributed by atoms with van der Waals surface area (Å²) in [7, 11) is 0. The quantitative estimate of drug-likeness (QED) is 0.289. The number of allylic oxidation sites excluding steroid dienone is 1. The lowest BCUT2D eigenvalue weighted by atomic mass is 10.1. The van der Waals surface area contributed by atoms with Gasteiger partial charge in [0.25, 0.3) is 0 Å². The number of hydrogen-bond acceptors (Lipinski definition) is 3. The minimum Gasteiger partial charge on any atom is -0.457 e. The van der Waals surface area contributed by atoms with Gasteiger partial charge in [-0.25, -0.2) is 0 Å². The van der Waals surface area contributed by atoms with Gasteiger partial charge in [0.05, 0.1) is 9.31 Å². The van der Waals surface area contributed by atoms with Crippen molar-refractivity contribution in [2.45, 2.75) is 20.0 Å². The van der Waals surface area contributed by atoms with Crippen molar-refractivity contribution in [3.63, 3.8) is 0 Å². The molecule has 1 aliphatic carbocycles. The zero-order valence-corrected chi connectivity index (χ0v) is 19.8. The van der Waals surface area contributed by atoms with E-state index in [1.807, 2.05) is 68.5 Å². The van der Waals surface area contributed by atoms with E-state index in [4.69, 9.17) is 21.1 Å². The second-order valence-corrected chi connectivity index (χ2v) is 10.3. The van der Waals surface area contributed by atoms with Crippen LogP contribution in [-0.4, -0.2) is 5.97 Å². The molecule has 3 nitrogen and oxygen atoms in total. The van der Waals surface area contributed by atoms with E-state index < -0.39 is 6.10 Å². The molecule has 1 aliphatic rings. The summed E-state index contributed by atoms with van der Waals surface area (Å²) in [5.74, 6) is 3.66. The normalized spacial score (nSPS) is 19.9. The van der Waals surface area contributed by atoms with Crippen LogP contribution in [0.1, 0.15) is 25.5 Å². The number of benzene rings is 2. The Hall–Kier alpha value is -1.74. The maximum atomic E-state index is 12.8. The van der Waals surface area contributed by atoms with E-state index in [1.165, 1.54) is 0 Å². The number of esters is 1. The van der Waals surface area contributed by atoms with Crippen LogP contribution in [0.3, 0.4) is 0 Å². The molecule has 2 aromatic rings. The van der Waals surface area contributed by atoms with E-state index in [9.17, 15) is 4.79 Å².